The van der Waals surface area contributed by atoms with E-state index in [4.69, 9.17) is 4.74 Å². The number of quaternary nitrogens is 1. The maximum Gasteiger partial charge on any atom is 0.275 e. The van der Waals surface area contributed by atoms with Crippen LogP contribution in [0.5, 0.6) is 0 Å². The summed E-state index contributed by atoms with van der Waals surface area (Å²) in [6.07, 6.45) is 2.11. The molecule has 2 heterocycles. The Morgan fingerprint density at radius 3 is 2.69 bits per heavy atom. The summed E-state index contributed by atoms with van der Waals surface area (Å²) in [5.41, 5.74) is 0. The van der Waals surface area contributed by atoms with E-state index in [1.807, 2.05) is 0 Å². The molecule has 1 atom stereocenters. The van der Waals surface area contributed by atoms with Crippen LogP contribution in [-0.4, -0.2) is 70.6 Å². The van der Waals surface area contributed by atoms with Crippen LogP contribution in [0.15, 0.2) is 29.2 Å². The number of halogens is 1. The molecule has 1 aromatic rings. The highest BCUT2D eigenvalue weighted by molar-refractivity contribution is 7.89. The number of hydrogen-bond donors (Lipinski definition) is 2. The van der Waals surface area contributed by atoms with E-state index in [1.54, 1.807) is 0 Å². The van der Waals surface area contributed by atoms with Gasteiger partial charge in [0.2, 0.25) is 10.0 Å². The summed E-state index contributed by atoms with van der Waals surface area (Å²) in [5.74, 6) is -0.795. The number of piperazine rings is 1. The van der Waals surface area contributed by atoms with Crippen molar-refractivity contribution in [3.63, 3.8) is 0 Å². The van der Waals surface area contributed by atoms with Crippen LogP contribution < -0.4 is 10.2 Å². The van der Waals surface area contributed by atoms with Crippen molar-refractivity contribution in [1.82, 2.24) is 9.62 Å². The molecule has 3 rings (SSSR count). The van der Waals surface area contributed by atoms with E-state index in [0.29, 0.717) is 26.2 Å². The Bertz CT molecular complexity index is 729. The number of rotatable bonds is 6. The van der Waals surface area contributed by atoms with E-state index >= 15 is 0 Å². The van der Waals surface area contributed by atoms with Gasteiger partial charge in [-0.2, -0.15) is 4.31 Å². The lowest BCUT2D eigenvalue weighted by Gasteiger charge is -2.31. The number of benzene rings is 1. The Balaban J connectivity index is 1.48. The smallest absolute Gasteiger partial charge is 0.275 e. The number of amides is 1. The van der Waals surface area contributed by atoms with Gasteiger partial charge in [0, 0.05) is 13.2 Å². The van der Waals surface area contributed by atoms with Gasteiger partial charge < -0.3 is 15.0 Å². The number of nitrogens with zero attached hydrogens (tertiary/aromatic N) is 1. The average molecular weight is 386 g/mol. The minimum Gasteiger partial charge on any atom is -0.376 e. The molecule has 0 unspecified atom stereocenters. The molecule has 1 amide bonds. The molecule has 0 aromatic heterocycles. The summed E-state index contributed by atoms with van der Waals surface area (Å²) < 4.78 is 45.7. The van der Waals surface area contributed by atoms with E-state index in [9.17, 15) is 17.6 Å². The first-order valence-electron chi connectivity index (χ1n) is 8.93. The Labute approximate surface area is 153 Å². The van der Waals surface area contributed by atoms with Gasteiger partial charge in [-0.3, -0.25) is 4.79 Å². The molecule has 2 aliphatic rings. The van der Waals surface area contributed by atoms with E-state index in [-0.39, 0.29) is 30.0 Å². The largest absolute Gasteiger partial charge is 0.376 e. The molecule has 0 spiro atoms. The van der Waals surface area contributed by atoms with E-state index in [0.717, 1.165) is 30.4 Å². The predicted octanol–water partition coefficient (Wildman–Crippen LogP) is -0.990. The van der Waals surface area contributed by atoms with Crippen LogP contribution in [-0.2, 0) is 19.6 Å². The standard InChI is InChI=1S/C17H24FN3O4S/c18-15-5-1-2-6-16(15)26(23,24)21-9-7-20(8-10-21)13-17(22)19-12-14-4-3-11-25-14/h1-2,5-6,14H,3-4,7-13H2,(H,19,22)/p+1/t14-/m1/s1. The molecular formula is C17H25FN3O4S+. The van der Waals surface area contributed by atoms with Crippen molar-refractivity contribution < 1.29 is 27.2 Å². The molecule has 1 aromatic carbocycles. The van der Waals surface area contributed by atoms with Gasteiger partial charge in [0.1, 0.15) is 10.7 Å². The van der Waals surface area contributed by atoms with Gasteiger partial charge >= 0.3 is 0 Å². The summed E-state index contributed by atoms with van der Waals surface area (Å²) in [7, 11) is -3.84. The maximum absolute atomic E-state index is 13.8. The van der Waals surface area contributed by atoms with Crippen molar-refractivity contribution in [2.45, 2.75) is 23.8 Å². The zero-order chi connectivity index (χ0) is 18.6. The fraction of sp³-hybridized carbons (Fsp3) is 0.588. The number of sulfonamides is 1. The van der Waals surface area contributed by atoms with E-state index in [2.05, 4.69) is 5.32 Å². The van der Waals surface area contributed by atoms with Crippen molar-refractivity contribution in [1.29, 1.82) is 0 Å². The molecule has 144 valence electrons. The number of ether oxygens (including phenoxy) is 1. The molecule has 2 aliphatic heterocycles. The molecular weight excluding hydrogens is 361 g/mol. The highest BCUT2D eigenvalue weighted by atomic mass is 32.2. The molecule has 2 N–H and O–H groups in total. The summed E-state index contributed by atoms with van der Waals surface area (Å²) >= 11 is 0. The summed E-state index contributed by atoms with van der Waals surface area (Å²) in [4.78, 5) is 12.8. The third-order valence-corrected chi connectivity index (χ3v) is 6.78. The molecule has 26 heavy (non-hydrogen) atoms. The highest BCUT2D eigenvalue weighted by Gasteiger charge is 2.32. The molecule has 2 fully saturated rings. The number of carbonyl (C=O) groups is 1. The first-order chi connectivity index (χ1) is 12.5. The second-order valence-electron chi connectivity index (χ2n) is 6.70. The molecule has 7 nitrogen and oxygen atoms in total. The van der Waals surface area contributed by atoms with Crippen molar-refractivity contribution in [3.05, 3.63) is 30.1 Å². The van der Waals surface area contributed by atoms with Crippen molar-refractivity contribution in [2.75, 3.05) is 45.9 Å². The first-order valence-corrected chi connectivity index (χ1v) is 10.4. The third kappa shape index (κ3) is 4.59. The van der Waals surface area contributed by atoms with E-state index < -0.39 is 15.8 Å². The van der Waals surface area contributed by atoms with Gasteiger partial charge in [-0.1, -0.05) is 12.1 Å². The molecule has 9 heteroatoms. The van der Waals surface area contributed by atoms with Crippen LogP contribution >= 0.6 is 0 Å². The molecule has 0 saturated carbocycles. The fourth-order valence-electron chi connectivity index (χ4n) is 3.34. The SMILES string of the molecule is O=C(C[NH+]1CCN(S(=O)(=O)c2ccccc2F)CC1)NC[C@H]1CCCO1. The Kier molecular flexibility index (Phi) is 6.23. The molecule has 0 bridgehead atoms. The second kappa shape index (κ2) is 8.43. The van der Waals surface area contributed by atoms with Crippen molar-refractivity contribution in [2.24, 2.45) is 0 Å². The number of nitrogens with one attached hydrogen (secondary N) is 2. The Morgan fingerprint density at radius 1 is 1.31 bits per heavy atom. The van der Waals surface area contributed by atoms with Gasteiger partial charge in [0.15, 0.2) is 6.54 Å². The summed E-state index contributed by atoms with van der Waals surface area (Å²) in [6.45, 7) is 3.16. The Hall–Kier alpha value is -1.55. The van der Waals surface area contributed by atoms with Crippen LogP contribution in [0.2, 0.25) is 0 Å². The molecule has 0 radical (unpaired) electrons. The van der Waals surface area contributed by atoms with Gasteiger partial charge in [0.05, 0.1) is 32.3 Å². The van der Waals surface area contributed by atoms with Crippen LogP contribution in [0.3, 0.4) is 0 Å². The lowest BCUT2D eigenvalue weighted by molar-refractivity contribution is -0.895. The fourth-order valence-corrected chi connectivity index (χ4v) is 4.84. The van der Waals surface area contributed by atoms with Crippen LogP contribution in [0.4, 0.5) is 4.39 Å². The Morgan fingerprint density at radius 2 is 2.04 bits per heavy atom. The van der Waals surface area contributed by atoms with Gasteiger partial charge in [-0.05, 0) is 25.0 Å². The average Bonchev–Trinajstić information content (AvgIpc) is 3.14. The van der Waals surface area contributed by atoms with Crippen molar-refractivity contribution >= 4 is 15.9 Å². The van der Waals surface area contributed by atoms with Crippen LogP contribution in [0.1, 0.15) is 12.8 Å². The topological polar surface area (TPSA) is 80.2 Å². The van der Waals surface area contributed by atoms with Crippen LogP contribution in [0.25, 0.3) is 0 Å². The third-order valence-electron chi connectivity index (χ3n) is 4.85. The summed E-state index contributed by atoms with van der Waals surface area (Å²) in [5, 5.41) is 2.88. The number of hydrogen-bond acceptors (Lipinski definition) is 4. The van der Waals surface area contributed by atoms with Gasteiger partial charge in [-0.25, -0.2) is 12.8 Å². The van der Waals surface area contributed by atoms with Gasteiger partial charge in [-0.15, -0.1) is 0 Å². The molecule has 0 aliphatic carbocycles. The first kappa shape index (κ1) is 19.2. The maximum atomic E-state index is 13.8. The van der Waals surface area contributed by atoms with E-state index in [1.165, 1.54) is 22.5 Å². The normalized spacial score (nSPS) is 22.4. The molecule has 2 saturated heterocycles. The lowest BCUT2D eigenvalue weighted by atomic mass is 10.2. The second-order valence-corrected chi connectivity index (χ2v) is 8.61. The van der Waals surface area contributed by atoms with Crippen molar-refractivity contribution in [3.8, 4) is 0 Å². The quantitative estimate of drug-likeness (QED) is 0.658. The lowest BCUT2D eigenvalue weighted by Crippen LogP contribution is -3.15. The van der Waals surface area contributed by atoms with Gasteiger partial charge in [0.25, 0.3) is 5.91 Å². The minimum absolute atomic E-state index is 0.0547. The zero-order valence-electron chi connectivity index (χ0n) is 14.6. The highest BCUT2D eigenvalue weighted by Crippen LogP contribution is 2.18. The van der Waals surface area contributed by atoms with Crippen LogP contribution in [0, 0.1) is 5.82 Å². The zero-order valence-corrected chi connectivity index (χ0v) is 15.4. The summed E-state index contributed by atoms with van der Waals surface area (Å²) in [6, 6.07) is 5.40. The predicted molar refractivity (Wildman–Crippen MR) is 92.7 cm³/mol. The monoisotopic (exact) mass is 386 g/mol. The minimum atomic E-state index is -3.84. The number of carbonyl (C=O) groups excluding carboxylic acids is 1.